The Kier molecular flexibility index (Phi) is 9.53. The molecule has 0 saturated carbocycles. The zero-order valence-corrected chi connectivity index (χ0v) is 27.7. The Balaban J connectivity index is 1.21. The van der Waals surface area contributed by atoms with Crippen molar-refractivity contribution in [1.29, 1.82) is 0 Å². The number of allylic oxidation sites excluding steroid dienone is 1. The lowest BCUT2D eigenvalue weighted by Gasteiger charge is -2.56. The van der Waals surface area contributed by atoms with Crippen LogP contribution in [-0.2, 0) is 31.0 Å². The fraction of sp³-hybridized carbons (Fsp3) is 0.657. The molecule has 4 N–H and O–H groups in total. The normalized spacial score (nSPS) is 29.6. The number of nitrogens with zero attached hydrogens (tertiary/aromatic N) is 2. The lowest BCUT2D eigenvalue weighted by atomic mass is 9.53. The minimum Gasteiger partial charge on any atom is -0.493 e. The van der Waals surface area contributed by atoms with Gasteiger partial charge in [-0.2, -0.15) is 0 Å². The Bertz CT molecular complexity index is 1450. The van der Waals surface area contributed by atoms with Crippen LogP contribution in [-0.4, -0.2) is 97.2 Å². The largest absolute Gasteiger partial charge is 0.493 e. The molecule has 3 aliphatic heterocycles. The Hall–Kier alpha value is -3.64. The molecule has 3 unspecified atom stereocenters. The molecule has 2 fully saturated rings. The highest BCUT2D eigenvalue weighted by atomic mass is 16.6. The van der Waals surface area contributed by atoms with E-state index in [1.807, 2.05) is 12.1 Å². The van der Waals surface area contributed by atoms with Crippen molar-refractivity contribution in [1.82, 2.24) is 15.1 Å². The van der Waals surface area contributed by atoms with E-state index in [9.17, 15) is 24.3 Å². The smallest absolute Gasteiger partial charge is 0.415 e. The summed E-state index contributed by atoms with van der Waals surface area (Å²) in [6, 6.07) is 3.86. The van der Waals surface area contributed by atoms with E-state index in [0.29, 0.717) is 36.4 Å². The van der Waals surface area contributed by atoms with Gasteiger partial charge in [-0.15, -0.1) is 0 Å². The molecule has 256 valence electrons. The maximum absolute atomic E-state index is 14.0. The molecule has 2 bridgehead atoms. The van der Waals surface area contributed by atoms with Crippen LogP contribution in [0.2, 0.25) is 0 Å². The third-order valence-electron chi connectivity index (χ3n) is 11.4. The number of carboxylic acid groups (broad SMARTS) is 1. The summed E-state index contributed by atoms with van der Waals surface area (Å²) in [7, 11) is 3.82. The number of likely N-dealkylation sites (N-methyl/N-ethyl adjacent to an activating group) is 1. The number of hydrogen-bond donors (Lipinski definition) is 3. The van der Waals surface area contributed by atoms with E-state index in [1.54, 1.807) is 12.0 Å². The van der Waals surface area contributed by atoms with E-state index >= 15 is 0 Å². The average Bonchev–Trinajstić information content (AvgIpc) is 3.40. The summed E-state index contributed by atoms with van der Waals surface area (Å²) in [4.78, 5) is 55.0. The highest BCUT2D eigenvalue weighted by molar-refractivity contribution is 5.85. The molecule has 2 saturated heterocycles. The number of methoxy groups -OCH3 is 1. The average molecular weight is 653 g/mol. The van der Waals surface area contributed by atoms with Gasteiger partial charge in [-0.3, -0.25) is 9.59 Å². The summed E-state index contributed by atoms with van der Waals surface area (Å²) in [5.41, 5.74) is 7.73. The first kappa shape index (κ1) is 33.3. The molecule has 12 nitrogen and oxygen atoms in total. The Morgan fingerprint density at radius 2 is 2.02 bits per heavy atom. The van der Waals surface area contributed by atoms with Crippen LogP contribution < -0.4 is 20.5 Å². The van der Waals surface area contributed by atoms with Crippen molar-refractivity contribution >= 4 is 23.8 Å². The number of unbranched alkanes of at least 4 members (excludes halogenated alkanes) is 1. The lowest BCUT2D eigenvalue weighted by Crippen LogP contribution is -2.63. The number of aliphatic carboxylic acids is 1. The van der Waals surface area contributed by atoms with Gasteiger partial charge >= 0.3 is 12.1 Å². The maximum Gasteiger partial charge on any atom is 0.415 e. The number of benzene rings is 1. The van der Waals surface area contributed by atoms with E-state index in [4.69, 9.17) is 19.9 Å². The SMILES string of the molecule is COc1ccc2c3c1O[C@@H]1C(OC(=O)N4CCC(C(=O)O)CC4CNC(=O)[C@H](CCCCN)CC(C)=O)=CCC4[C@@H](C2)N(C)CC[C@@]341. The van der Waals surface area contributed by atoms with Gasteiger partial charge in [0.1, 0.15) is 11.5 Å². The van der Waals surface area contributed by atoms with Crippen LogP contribution in [0.25, 0.3) is 0 Å². The van der Waals surface area contributed by atoms with Crippen LogP contribution in [0.1, 0.15) is 69.4 Å². The number of piperidine rings is 2. The lowest BCUT2D eigenvalue weighted by molar-refractivity contribution is -0.144. The van der Waals surface area contributed by atoms with Crippen molar-refractivity contribution in [2.45, 2.75) is 88.3 Å². The molecular formula is C35H48N4O8. The first-order chi connectivity index (χ1) is 22.6. The minimum absolute atomic E-state index is 0.0635. The van der Waals surface area contributed by atoms with E-state index in [1.165, 1.54) is 18.1 Å². The molecule has 1 spiro atoms. The monoisotopic (exact) mass is 652 g/mol. The van der Waals surface area contributed by atoms with Crippen LogP contribution in [0, 0.1) is 17.8 Å². The summed E-state index contributed by atoms with van der Waals surface area (Å²) in [5, 5.41) is 12.7. The first-order valence-corrected chi connectivity index (χ1v) is 17.0. The summed E-state index contributed by atoms with van der Waals surface area (Å²) in [5.74, 6) is -0.251. The van der Waals surface area contributed by atoms with Gasteiger partial charge < -0.3 is 45.0 Å². The maximum atomic E-state index is 14.0. The van der Waals surface area contributed by atoms with E-state index < -0.39 is 36.0 Å². The predicted molar refractivity (Wildman–Crippen MR) is 172 cm³/mol. The number of carboxylic acids is 1. The second kappa shape index (κ2) is 13.5. The van der Waals surface area contributed by atoms with Crippen LogP contribution in [0.4, 0.5) is 4.79 Å². The molecule has 5 aliphatic rings. The fourth-order valence-corrected chi connectivity index (χ4v) is 9.00. The number of nitrogens with two attached hydrogens (primary N) is 1. The van der Waals surface area contributed by atoms with Crippen molar-refractivity contribution in [3.8, 4) is 11.5 Å². The molecule has 1 aromatic rings. The van der Waals surface area contributed by atoms with Crippen molar-refractivity contribution in [2.75, 3.05) is 40.3 Å². The second-order valence-electron chi connectivity index (χ2n) is 14.0. The van der Waals surface area contributed by atoms with Gasteiger partial charge in [-0.25, -0.2) is 4.79 Å². The fourth-order valence-electron chi connectivity index (χ4n) is 9.00. The second-order valence-corrected chi connectivity index (χ2v) is 14.0. The van der Waals surface area contributed by atoms with Crippen LogP contribution in [0.3, 0.4) is 0 Å². The highest BCUT2D eigenvalue weighted by Crippen LogP contribution is 2.63. The number of Topliss-reactive ketones (excluding diaryl/α,β-unsaturated/α-hetero) is 1. The Morgan fingerprint density at radius 3 is 2.74 bits per heavy atom. The van der Waals surface area contributed by atoms with E-state index in [2.05, 4.69) is 23.3 Å². The van der Waals surface area contributed by atoms with Crippen molar-refractivity contribution in [2.24, 2.45) is 23.5 Å². The topological polar surface area (TPSA) is 161 Å². The Labute approximate surface area is 275 Å². The number of amides is 2. The molecule has 47 heavy (non-hydrogen) atoms. The van der Waals surface area contributed by atoms with Crippen LogP contribution >= 0.6 is 0 Å². The number of nitrogens with one attached hydrogen (secondary N) is 1. The zero-order valence-electron chi connectivity index (χ0n) is 27.7. The van der Waals surface area contributed by atoms with E-state index in [-0.39, 0.29) is 49.5 Å². The molecule has 12 heteroatoms. The van der Waals surface area contributed by atoms with Crippen LogP contribution in [0.15, 0.2) is 24.0 Å². The molecule has 6 rings (SSSR count). The molecule has 1 aromatic carbocycles. The standard InChI is InChI=1S/C35H48N4O8/c1-20(40)16-22(6-4-5-13-36)32(41)37-19-24-17-23(33(42)43)11-14-39(24)34(44)46-28-10-8-25-26-18-21-7-9-27(45-3)30-29(21)35(25,31(28)47-30)12-15-38(26)2/h7,9-10,22-26,31H,4-6,8,11-19,36H2,1-3H3,(H,37,41)(H,42,43)/t22-,23?,24?,25?,26-,31-,35+/m1/s1. The van der Waals surface area contributed by atoms with Gasteiger partial charge in [-0.05, 0) is 95.6 Å². The van der Waals surface area contributed by atoms with E-state index in [0.717, 1.165) is 44.4 Å². The first-order valence-electron chi connectivity index (χ1n) is 17.0. The number of ether oxygens (including phenoxy) is 3. The van der Waals surface area contributed by atoms with Crippen molar-refractivity contribution in [3.05, 3.63) is 35.1 Å². The summed E-state index contributed by atoms with van der Waals surface area (Å²) >= 11 is 0. The van der Waals surface area contributed by atoms with Crippen molar-refractivity contribution in [3.63, 3.8) is 0 Å². The van der Waals surface area contributed by atoms with Crippen LogP contribution in [0.5, 0.6) is 11.5 Å². The van der Waals surface area contributed by atoms with Gasteiger partial charge in [0.2, 0.25) is 5.91 Å². The molecular weight excluding hydrogens is 604 g/mol. The Morgan fingerprint density at radius 1 is 1.21 bits per heavy atom. The number of ketones is 1. The van der Waals surface area contributed by atoms with Crippen molar-refractivity contribution < 1.29 is 38.5 Å². The van der Waals surface area contributed by atoms with Gasteiger partial charge in [0.15, 0.2) is 17.6 Å². The third-order valence-corrected chi connectivity index (χ3v) is 11.4. The van der Waals surface area contributed by atoms with Gasteiger partial charge in [0.25, 0.3) is 0 Å². The minimum atomic E-state index is -0.929. The summed E-state index contributed by atoms with van der Waals surface area (Å²) in [6.45, 7) is 3.12. The highest BCUT2D eigenvalue weighted by Gasteiger charge is 2.65. The number of likely N-dealkylation sites (tertiary alicyclic amines) is 2. The third kappa shape index (κ3) is 5.99. The zero-order chi connectivity index (χ0) is 33.5. The van der Waals surface area contributed by atoms with Gasteiger partial charge in [0, 0.05) is 42.4 Å². The predicted octanol–water partition coefficient (Wildman–Crippen LogP) is 3.00. The number of rotatable bonds is 12. The number of carbonyl (C=O) groups is 4. The molecule has 0 aromatic heterocycles. The molecule has 2 amide bonds. The summed E-state index contributed by atoms with van der Waals surface area (Å²) < 4.78 is 18.7. The van der Waals surface area contributed by atoms with Gasteiger partial charge in [-0.1, -0.05) is 12.5 Å². The molecule has 3 heterocycles. The molecule has 7 atom stereocenters. The molecule has 0 radical (unpaired) electrons. The molecule has 2 aliphatic carbocycles. The number of hydrogen-bond acceptors (Lipinski definition) is 9. The quantitative estimate of drug-likeness (QED) is 0.287. The van der Waals surface area contributed by atoms with Gasteiger partial charge in [0.05, 0.1) is 19.1 Å². The summed E-state index contributed by atoms with van der Waals surface area (Å²) in [6.07, 6.45) is 6.06. The number of carbonyl (C=O) groups excluding carboxylic acids is 3.